The second-order valence-electron chi connectivity index (χ2n) is 14.1. The molecule has 21 nitrogen and oxygen atoms in total. The third-order valence-electron chi connectivity index (χ3n) is 9.85. The van der Waals surface area contributed by atoms with Crippen molar-refractivity contribution >= 4 is 53.3 Å². The summed E-state index contributed by atoms with van der Waals surface area (Å²) < 4.78 is 0. The number of aromatic hydroxyl groups is 1. The third kappa shape index (κ3) is 11.9. The lowest BCUT2D eigenvalue weighted by molar-refractivity contribution is -0.148. The number of benzene rings is 1. The van der Waals surface area contributed by atoms with Crippen LogP contribution in [0, 0.1) is 0 Å². The molecule has 306 valence electrons. The Morgan fingerprint density at radius 1 is 0.643 bits per heavy atom. The van der Waals surface area contributed by atoms with Crippen LogP contribution >= 0.6 is 0 Å². The highest BCUT2D eigenvalue weighted by molar-refractivity contribution is 5.99. The van der Waals surface area contributed by atoms with E-state index in [9.17, 15) is 38.7 Å². The summed E-state index contributed by atoms with van der Waals surface area (Å²) in [5.41, 5.74) is 27.9. The third-order valence-corrected chi connectivity index (χ3v) is 9.85. The lowest BCUT2D eigenvalue weighted by Crippen LogP contribution is -2.61. The van der Waals surface area contributed by atoms with Gasteiger partial charge in [-0.25, -0.2) is 0 Å². The molecule has 15 N–H and O–H groups in total. The number of nitrogens with zero attached hydrogens (tertiary/aromatic N) is 4. The first kappa shape index (κ1) is 42.6. The van der Waals surface area contributed by atoms with Crippen molar-refractivity contribution in [3.05, 3.63) is 29.8 Å². The first-order valence-corrected chi connectivity index (χ1v) is 18.6. The zero-order valence-corrected chi connectivity index (χ0v) is 31.2. The number of amides is 7. The maximum atomic E-state index is 14.3. The molecule has 3 aliphatic rings. The first-order valence-electron chi connectivity index (χ1n) is 18.6. The van der Waals surface area contributed by atoms with E-state index in [2.05, 4.69) is 31.3 Å². The SMILES string of the molecule is NC(=O)C[C@@H]1NC(=O)[C@H](Cc2ccc(O)cc2)NC(=O)[C@@H]2CCCN2C(=O)[C@@H]2CCCN2C(=O)[C@H](CCCN=C(N)N)NC(=O)[C@H](CCCN=C(N)N)NC1=O. The molecule has 0 unspecified atom stereocenters. The molecule has 3 heterocycles. The molecule has 1 aromatic carbocycles. The largest absolute Gasteiger partial charge is 0.508 e. The Morgan fingerprint density at radius 2 is 1.12 bits per heavy atom. The lowest BCUT2D eigenvalue weighted by Gasteiger charge is -2.34. The minimum absolute atomic E-state index is 0.0289. The number of phenols is 1. The number of guanidine groups is 2. The van der Waals surface area contributed by atoms with Gasteiger partial charge in [0, 0.05) is 32.6 Å². The maximum Gasteiger partial charge on any atom is 0.246 e. The number of nitrogens with one attached hydrogen (secondary N) is 4. The fraction of sp³-hybridized carbons (Fsp3) is 0.571. The van der Waals surface area contributed by atoms with Crippen molar-refractivity contribution in [2.24, 2.45) is 38.7 Å². The van der Waals surface area contributed by atoms with Gasteiger partial charge in [0.1, 0.15) is 42.0 Å². The van der Waals surface area contributed by atoms with Gasteiger partial charge in [-0.2, -0.15) is 0 Å². The molecule has 4 rings (SSSR count). The molecule has 3 aliphatic heterocycles. The van der Waals surface area contributed by atoms with Crippen LogP contribution in [0.1, 0.15) is 63.4 Å². The Bertz CT molecular complexity index is 1680. The van der Waals surface area contributed by atoms with E-state index in [4.69, 9.17) is 28.7 Å². The standard InChI is InChI=1S/C35H53N13O8/c36-27(50)18-24-30(53)43-21(5-1-13-41-34(37)38)28(51)44-22(6-2-14-42-35(39)40)32(55)48-16-4-8-26(48)33(56)47-15-3-7-25(47)31(54)46-23(29(52)45-24)17-19-9-11-20(49)12-10-19/h9-12,21-26,49H,1-8,13-18H2,(H2,36,50)(H,43,53)(H,44,51)(H,45,52)(H,46,54)(H4,37,38,41)(H4,39,40,42)/t21-,22-,23-,24-,25-,26-/m0/s1. The van der Waals surface area contributed by atoms with E-state index >= 15 is 0 Å². The number of carbonyl (C=O) groups excluding carboxylic acids is 7. The van der Waals surface area contributed by atoms with Gasteiger partial charge >= 0.3 is 0 Å². The van der Waals surface area contributed by atoms with Crippen LogP contribution in [-0.4, -0.2) is 131 Å². The van der Waals surface area contributed by atoms with Crippen LogP contribution in [0.3, 0.4) is 0 Å². The van der Waals surface area contributed by atoms with Crippen LogP contribution in [0.15, 0.2) is 34.3 Å². The molecule has 1 aromatic rings. The van der Waals surface area contributed by atoms with Gasteiger partial charge in [0.05, 0.1) is 6.42 Å². The minimum atomic E-state index is -1.60. The highest BCUT2D eigenvalue weighted by atomic mass is 16.3. The van der Waals surface area contributed by atoms with Gasteiger partial charge in [0.25, 0.3) is 0 Å². The molecular formula is C35H53N13O8. The van der Waals surface area contributed by atoms with Crippen LogP contribution in [0.25, 0.3) is 0 Å². The molecule has 0 aliphatic carbocycles. The van der Waals surface area contributed by atoms with E-state index in [1.165, 1.54) is 21.9 Å². The summed E-state index contributed by atoms with van der Waals surface area (Å²) in [4.78, 5) is 107. The summed E-state index contributed by atoms with van der Waals surface area (Å²) in [6.45, 7) is 0.655. The highest BCUT2D eigenvalue weighted by Crippen LogP contribution is 2.26. The number of primary amides is 1. The topological polar surface area (TPSA) is 349 Å². The normalized spacial score (nSPS) is 25.1. The van der Waals surface area contributed by atoms with Gasteiger partial charge < -0.3 is 64.8 Å². The fourth-order valence-corrected chi connectivity index (χ4v) is 7.09. The van der Waals surface area contributed by atoms with Gasteiger partial charge in [0.2, 0.25) is 41.4 Å². The summed E-state index contributed by atoms with van der Waals surface area (Å²) in [5, 5.41) is 20.3. The Labute approximate surface area is 323 Å². The summed E-state index contributed by atoms with van der Waals surface area (Å²) >= 11 is 0. The van der Waals surface area contributed by atoms with Crippen LogP contribution in [0.5, 0.6) is 5.75 Å². The van der Waals surface area contributed by atoms with Crippen molar-refractivity contribution in [1.29, 1.82) is 0 Å². The second-order valence-corrected chi connectivity index (χ2v) is 14.1. The average Bonchev–Trinajstić information content (AvgIpc) is 3.84. The number of hydrogen-bond acceptors (Lipinski definition) is 10. The van der Waals surface area contributed by atoms with Gasteiger partial charge in [-0.3, -0.25) is 43.5 Å². The van der Waals surface area contributed by atoms with Gasteiger partial charge in [0.15, 0.2) is 11.9 Å². The Kier molecular flexibility index (Phi) is 15.2. The predicted molar refractivity (Wildman–Crippen MR) is 203 cm³/mol. The number of aliphatic imine (C=N–C) groups is 2. The number of hydrogen-bond donors (Lipinski definition) is 10. The van der Waals surface area contributed by atoms with Crippen molar-refractivity contribution in [3.63, 3.8) is 0 Å². The molecule has 7 amide bonds. The number of fused-ring (bicyclic) bond motifs is 2. The Balaban J connectivity index is 1.75. The van der Waals surface area contributed by atoms with Crippen LogP contribution in [0.4, 0.5) is 0 Å². The van der Waals surface area contributed by atoms with Crippen molar-refractivity contribution in [1.82, 2.24) is 31.1 Å². The number of nitrogens with two attached hydrogens (primary N) is 5. The molecule has 3 fully saturated rings. The Morgan fingerprint density at radius 3 is 1.71 bits per heavy atom. The number of phenolic OH excluding ortho intramolecular Hbond substituents is 1. The van der Waals surface area contributed by atoms with Crippen molar-refractivity contribution in [3.8, 4) is 5.75 Å². The first-order chi connectivity index (χ1) is 26.6. The molecule has 0 aromatic heterocycles. The lowest BCUT2D eigenvalue weighted by atomic mass is 10.0. The number of carbonyl (C=O) groups is 7. The maximum absolute atomic E-state index is 14.3. The van der Waals surface area contributed by atoms with Gasteiger partial charge in [-0.05, 0) is 69.1 Å². The van der Waals surface area contributed by atoms with Crippen LogP contribution < -0.4 is 49.9 Å². The smallest absolute Gasteiger partial charge is 0.246 e. The van der Waals surface area contributed by atoms with E-state index in [0.29, 0.717) is 24.8 Å². The van der Waals surface area contributed by atoms with E-state index in [1.54, 1.807) is 12.1 Å². The van der Waals surface area contributed by atoms with Crippen molar-refractivity contribution in [2.75, 3.05) is 26.2 Å². The quantitative estimate of drug-likeness (QED) is 0.0549. The molecule has 56 heavy (non-hydrogen) atoms. The molecule has 6 atom stereocenters. The molecule has 0 radical (unpaired) electrons. The highest BCUT2D eigenvalue weighted by Gasteiger charge is 2.44. The fourth-order valence-electron chi connectivity index (χ4n) is 7.09. The van der Waals surface area contributed by atoms with E-state index < -0.39 is 84.0 Å². The molecule has 21 heteroatoms. The van der Waals surface area contributed by atoms with Gasteiger partial charge in [-0.15, -0.1) is 0 Å². The molecular weight excluding hydrogens is 730 g/mol. The predicted octanol–water partition coefficient (Wildman–Crippen LogP) is -4.15. The summed E-state index contributed by atoms with van der Waals surface area (Å²) in [5.74, 6) is -5.52. The zero-order valence-electron chi connectivity index (χ0n) is 31.2. The van der Waals surface area contributed by atoms with E-state index in [1.807, 2.05) is 0 Å². The molecule has 0 bridgehead atoms. The van der Waals surface area contributed by atoms with Crippen LogP contribution in [0.2, 0.25) is 0 Å². The van der Waals surface area contributed by atoms with Gasteiger partial charge in [-0.1, -0.05) is 12.1 Å². The molecule has 3 saturated heterocycles. The monoisotopic (exact) mass is 783 g/mol. The van der Waals surface area contributed by atoms with E-state index in [-0.39, 0.29) is 82.4 Å². The van der Waals surface area contributed by atoms with Crippen LogP contribution in [-0.2, 0) is 40.0 Å². The summed E-state index contributed by atoms with van der Waals surface area (Å²) in [7, 11) is 0. The number of rotatable bonds is 12. The molecule has 0 saturated carbocycles. The average molecular weight is 784 g/mol. The summed E-state index contributed by atoms with van der Waals surface area (Å²) in [6, 6.07) is -1.44. The summed E-state index contributed by atoms with van der Waals surface area (Å²) in [6.07, 6.45) is 1.26. The van der Waals surface area contributed by atoms with E-state index in [0.717, 1.165) is 0 Å². The molecule has 0 spiro atoms. The van der Waals surface area contributed by atoms with Crippen molar-refractivity contribution < 1.29 is 38.7 Å². The zero-order chi connectivity index (χ0) is 40.9. The minimum Gasteiger partial charge on any atom is -0.508 e. The Hall–Kier alpha value is -6.15. The van der Waals surface area contributed by atoms with Crippen molar-refractivity contribution in [2.45, 2.75) is 100 Å². The second kappa shape index (κ2) is 20.0.